The number of hydrogen-bond acceptors (Lipinski definition) is 5. The summed E-state index contributed by atoms with van der Waals surface area (Å²) in [4.78, 5) is 21.4. The van der Waals surface area contributed by atoms with E-state index < -0.39 is 0 Å². The standard InChI is InChI=1S/C19H24N4O2/c1-22-9-8-13(11-22)12-23(2)19(24)16-5-3-4-15(10-16)17-20-18(25-21-17)14-6-7-14/h3-5,10,13-14H,6-9,11-12H2,1-2H3/t13-/m1/s1. The zero-order chi connectivity index (χ0) is 17.4. The number of carbonyl (C=O) groups excluding carboxylic acids is 1. The molecule has 0 N–H and O–H groups in total. The minimum Gasteiger partial charge on any atom is -0.341 e. The van der Waals surface area contributed by atoms with Crippen LogP contribution in [0.25, 0.3) is 11.4 Å². The molecular weight excluding hydrogens is 316 g/mol. The molecule has 1 atom stereocenters. The van der Waals surface area contributed by atoms with Crippen molar-refractivity contribution in [3.8, 4) is 11.4 Å². The Kier molecular flexibility index (Phi) is 4.29. The van der Waals surface area contributed by atoms with Crippen LogP contribution in [0, 0.1) is 5.92 Å². The Morgan fingerprint density at radius 1 is 1.36 bits per heavy atom. The highest BCUT2D eigenvalue weighted by Crippen LogP contribution is 2.39. The average Bonchev–Trinajstić information content (AvgIpc) is 3.21. The molecule has 2 aromatic rings. The molecular formula is C19H24N4O2. The zero-order valence-electron chi connectivity index (χ0n) is 14.8. The molecule has 0 unspecified atom stereocenters. The van der Waals surface area contributed by atoms with Crippen LogP contribution in [0.5, 0.6) is 0 Å². The molecule has 1 amide bonds. The summed E-state index contributed by atoms with van der Waals surface area (Å²) in [7, 11) is 4.01. The second kappa shape index (κ2) is 6.59. The van der Waals surface area contributed by atoms with Gasteiger partial charge >= 0.3 is 0 Å². The predicted molar refractivity (Wildman–Crippen MR) is 94.3 cm³/mol. The highest BCUT2D eigenvalue weighted by atomic mass is 16.5. The van der Waals surface area contributed by atoms with Gasteiger partial charge in [0.15, 0.2) is 0 Å². The van der Waals surface area contributed by atoms with E-state index in [0.29, 0.717) is 29.1 Å². The highest BCUT2D eigenvalue weighted by molar-refractivity contribution is 5.95. The summed E-state index contributed by atoms with van der Waals surface area (Å²) >= 11 is 0. The molecule has 1 aromatic carbocycles. The molecule has 2 fully saturated rings. The molecule has 2 aliphatic rings. The van der Waals surface area contributed by atoms with Gasteiger partial charge in [-0.15, -0.1) is 0 Å². The van der Waals surface area contributed by atoms with Crippen molar-refractivity contribution in [1.29, 1.82) is 0 Å². The van der Waals surface area contributed by atoms with Gasteiger partial charge in [0.1, 0.15) is 0 Å². The number of likely N-dealkylation sites (tertiary alicyclic amines) is 1. The number of hydrogen-bond donors (Lipinski definition) is 0. The monoisotopic (exact) mass is 340 g/mol. The van der Waals surface area contributed by atoms with E-state index in [0.717, 1.165) is 44.5 Å². The van der Waals surface area contributed by atoms with Crippen molar-refractivity contribution in [1.82, 2.24) is 19.9 Å². The minimum absolute atomic E-state index is 0.0438. The van der Waals surface area contributed by atoms with Crippen LogP contribution in [-0.4, -0.2) is 59.6 Å². The summed E-state index contributed by atoms with van der Waals surface area (Å²) in [5.74, 6) is 2.32. The van der Waals surface area contributed by atoms with Gasteiger partial charge in [-0.3, -0.25) is 4.79 Å². The zero-order valence-corrected chi connectivity index (χ0v) is 14.8. The van der Waals surface area contributed by atoms with Crippen molar-refractivity contribution < 1.29 is 9.32 Å². The molecule has 1 saturated heterocycles. The topological polar surface area (TPSA) is 62.5 Å². The lowest BCUT2D eigenvalue weighted by Gasteiger charge is -2.21. The molecule has 6 heteroatoms. The van der Waals surface area contributed by atoms with Crippen LogP contribution >= 0.6 is 0 Å². The molecule has 0 radical (unpaired) electrons. The SMILES string of the molecule is CN1CC[C@@H](CN(C)C(=O)c2cccc(-c3noc(C4CC4)n3)c2)C1. The fourth-order valence-corrected chi connectivity index (χ4v) is 3.51. The Morgan fingerprint density at radius 3 is 2.92 bits per heavy atom. The third-order valence-corrected chi connectivity index (χ3v) is 5.10. The Morgan fingerprint density at radius 2 is 2.20 bits per heavy atom. The van der Waals surface area contributed by atoms with Gasteiger partial charge in [0.2, 0.25) is 11.7 Å². The van der Waals surface area contributed by atoms with Gasteiger partial charge in [-0.2, -0.15) is 4.98 Å². The first-order valence-electron chi connectivity index (χ1n) is 8.98. The summed E-state index contributed by atoms with van der Waals surface area (Å²) < 4.78 is 5.33. The quantitative estimate of drug-likeness (QED) is 0.837. The van der Waals surface area contributed by atoms with Crippen molar-refractivity contribution in [2.75, 3.05) is 33.7 Å². The van der Waals surface area contributed by atoms with E-state index >= 15 is 0 Å². The minimum atomic E-state index is 0.0438. The number of nitrogens with zero attached hydrogens (tertiary/aromatic N) is 4. The maximum atomic E-state index is 12.8. The lowest BCUT2D eigenvalue weighted by Crippen LogP contribution is -2.32. The number of aromatic nitrogens is 2. The van der Waals surface area contributed by atoms with Gasteiger partial charge in [0.25, 0.3) is 5.91 Å². The van der Waals surface area contributed by atoms with E-state index in [2.05, 4.69) is 22.1 Å². The molecule has 1 aliphatic carbocycles. The van der Waals surface area contributed by atoms with E-state index in [1.165, 1.54) is 0 Å². The maximum Gasteiger partial charge on any atom is 0.253 e. The molecule has 132 valence electrons. The summed E-state index contributed by atoms with van der Waals surface area (Å²) in [6.07, 6.45) is 3.41. The second-order valence-electron chi connectivity index (χ2n) is 7.41. The summed E-state index contributed by atoms with van der Waals surface area (Å²) in [6.45, 7) is 2.97. The van der Waals surface area contributed by atoms with Gasteiger partial charge in [0, 0.05) is 37.2 Å². The molecule has 1 aromatic heterocycles. The van der Waals surface area contributed by atoms with Crippen molar-refractivity contribution >= 4 is 5.91 Å². The second-order valence-corrected chi connectivity index (χ2v) is 7.41. The molecule has 0 spiro atoms. The van der Waals surface area contributed by atoms with Gasteiger partial charge in [-0.05, 0) is 50.9 Å². The van der Waals surface area contributed by atoms with Crippen LogP contribution in [0.1, 0.15) is 41.4 Å². The van der Waals surface area contributed by atoms with Gasteiger partial charge in [-0.1, -0.05) is 17.3 Å². The van der Waals surface area contributed by atoms with Crippen LogP contribution in [0.3, 0.4) is 0 Å². The number of carbonyl (C=O) groups is 1. The third-order valence-electron chi connectivity index (χ3n) is 5.10. The third kappa shape index (κ3) is 3.58. The van der Waals surface area contributed by atoms with Crippen molar-refractivity contribution in [3.63, 3.8) is 0 Å². The van der Waals surface area contributed by atoms with E-state index in [-0.39, 0.29) is 5.91 Å². The van der Waals surface area contributed by atoms with Crippen LogP contribution in [0.4, 0.5) is 0 Å². The van der Waals surface area contributed by atoms with Crippen LogP contribution in [0.15, 0.2) is 28.8 Å². The Hall–Kier alpha value is -2.21. The first-order valence-corrected chi connectivity index (χ1v) is 8.98. The smallest absolute Gasteiger partial charge is 0.253 e. The van der Waals surface area contributed by atoms with Gasteiger partial charge < -0.3 is 14.3 Å². The Balaban J connectivity index is 1.46. The molecule has 0 bridgehead atoms. The van der Waals surface area contributed by atoms with Crippen LogP contribution in [-0.2, 0) is 0 Å². The first kappa shape index (κ1) is 16.3. The number of amides is 1. The van der Waals surface area contributed by atoms with E-state index in [1.807, 2.05) is 36.2 Å². The van der Waals surface area contributed by atoms with Crippen molar-refractivity contribution in [3.05, 3.63) is 35.7 Å². The lowest BCUT2D eigenvalue weighted by molar-refractivity contribution is 0.0774. The fourth-order valence-electron chi connectivity index (χ4n) is 3.51. The molecule has 2 heterocycles. The first-order chi connectivity index (χ1) is 12.1. The summed E-state index contributed by atoms with van der Waals surface area (Å²) in [5.41, 5.74) is 1.50. The Bertz CT molecular complexity index is 768. The van der Waals surface area contributed by atoms with Crippen molar-refractivity contribution in [2.45, 2.75) is 25.2 Å². The van der Waals surface area contributed by atoms with Crippen LogP contribution < -0.4 is 0 Å². The number of benzene rings is 1. The van der Waals surface area contributed by atoms with Gasteiger partial charge in [0.05, 0.1) is 0 Å². The Labute approximate surface area is 147 Å². The van der Waals surface area contributed by atoms with Gasteiger partial charge in [-0.25, -0.2) is 0 Å². The molecule has 6 nitrogen and oxygen atoms in total. The summed E-state index contributed by atoms with van der Waals surface area (Å²) in [6, 6.07) is 7.52. The van der Waals surface area contributed by atoms with E-state index in [4.69, 9.17) is 4.52 Å². The lowest BCUT2D eigenvalue weighted by atomic mass is 10.1. The average molecular weight is 340 g/mol. The van der Waals surface area contributed by atoms with Crippen molar-refractivity contribution in [2.24, 2.45) is 5.92 Å². The molecule has 4 rings (SSSR count). The molecule has 1 aliphatic heterocycles. The summed E-state index contributed by atoms with van der Waals surface area (Å²) in [5, 5.41) is 4.07. The largest absolute Gasteiger partial charge is 0.341 e. The molecule has 25 heavy (non-hydrogen) atoms. The number of rotatable bonds is 5. The fraction of sp³-hybridized carbons (Fsp3) is 0.526. The highest BCUT2D eigenvalue weighted by Gasteiger charge is 2.30. The molecule has 1 saturated carbocycles. The predicted octanol–water partition coefficient (Wildman–Crippen LogP) is 2.64. The van der Waals surface area contributed by atoms with Crippen LogP contribution in [0.2, 0.25) is 0 Å². The van der Waals surface area contributed by atoms with E-state index in [9.17, 15) is 4.79 Å². The normalized spacial score (nSPS) is 20.8. The van der Waals surface area contributed by atoms with E-state index in [1.54, 1.807) is 0 Å². The maximum absolute atomic E-state index is 12.8.